The largest absolute Gasteiger partial charge is 0.352 e. The Labute approximate surface area is 172 Å². The predicted octanol–water partition coefficient (Wildman–Crippen LogP) is 2.71. The number of sulfone groups is 1. The van der Waals surface area contributed by atoms with Crippen molar-refractivity contribution in [2.24, 2.45) is 4.99 Å². The van der Waals surface area contributed by atoms with E-state index in [0.29, 0.717) is 12.1 Å². The van der Waals surface area contributed by atoms with Crippen molar-refractivity contribution in [2.45, 2.75) is 24.6 Å². The van der Waals surface area contributed by atoms with Crippen molar-refractivity contribution in [3.8, 4) is 0 Å². The lowest BCUT2D eigenvalue weighted by Crippen LogP contribution is -2.25. The number of thiophene rings is 1. The van der Waals surface area contributed by atoms with Gasteiger partial charge >= 0.3 is 0 Å². The smallest absolute Gasteiger partial charge is 0.251 e. The number of thioether (sulfide) groups is 1. The zero-order valence-electron chi connectivity index (χ0n) is 15.3. The minimum Gasteiger partial charge on any atom is -0.352 e. The standard InChI is InChI=1S/C19H21N3O3S3/c1-12-6-8-26-16(12)5-7-20-18(23)13-3-2-4-14(9-13)21-19-22-15-10-28(24,25)11-17(15)27-19/h2-4,6,8-9,15,17H,5,7,10-11H2,1H3,(H,20,23)(H,21,22)/t15-,17+/m1/s1. The highest BCUT2D eigenvalue weighted by atomic mass is 32.2. The van der Waals surface area contributed by atoms with E-state index in [0.717, 1.165) is 17.3 Å². The summed E-state index contributed by atoms with van der Waals surface area (Å²) in [4.78, 5) is 18.2. The molecule has 3 heterocycles. The molecule has 0 unspecified atom stereocenters. The fourth-order valence-electron chi connectivity index (χ4n) is 3.33. The summed E-state index contributed by atoms with van der Waals surface area (Å²) in [7, 11) is -2.96. The first kappa shape index (κ1) is 19.5. The number of fused-ring (bicyclic) bond motifs is 1. The number of hydrogen-bond acceptors (Lipinski definition) is 7. The number of benzene rings is 1. The third kappa shape index (κ3) is 4.42. The highest BCUT2D eigenvalue weighted by Crippen LogP contribution is 2.34. The zero-order valence-corrected chi connectivity index (χ0v) is 17.8. The minimum absolute atomic E-state index is 0.000287. The molecule has 1 saturated heterocycles. The van der Waals surface area contributed by atoms with Crippen LogP contribution in [0.25, 0.3) is 0 Å². The molecule has 2 N–H and O–H groups in total. The van der Waals surface area contributed by atoms with Gasteiger partial charge in [-0.2, -0.15) is 0 Å². The molecule has 1 aromatic heterocycles. The Bertz CT molecular complexity index is 1030. The first-order valence-electron chi connectivity index (χ1n) is 9.03. The molecule has 0 radical (unpaired) electrons. The number of rotatable bonds is 5. The molecule has 6 nitrogen and oxygen atoms in total. The van der Waals surface area contributed by atoms with Crippen molar-refractivity contribution in [3.05, 3.63) is 51.7 Å². The van der Waals surface area contributed by atoms with Crippen LogP contribution in [0.5, 0.6) is 0 Å². The van der Waals surface area contributed by atoms with Gasteiger partial charge in [0.1, 0.15) is 0 Å². The van der Waals surface area contributed by atoms with E-state index in [-0.39, 0.29) is 28.7 Å². The average molecular weight is 436 g/mol. The van der Waals surface area contributed by atoms with Crippen LogP contribution in [0.3, 0.4) is 0 Å². The van der Waals surface area contributed by atoms with Gasteiger partial charge in [-0.3, -0.25) is 9.79 Å². The van der Waals surface area contributed by atoms with Gasteiger partial charge in [-0.1, -0.05) is 17.8 Å². The van der Waals surface area contributed by atoms with Gasteiger partial charge in [-0.25, -0.2) is 8.42 Å². The lowest BCUT2D eigenvalue weighted by atomic mass is 10.2. The van der Waals surface area contributed by atoms with E-state index < -0.39 is 9.84 Å². The van der Waals surface area contributed by atoms with E-state index >= 15 is 0 Å². The molecule has 2 aliphatic heterocycles. The Morgan fingerprint density at radius 2 is 2.14 bits per heavy atom. The molecule has 0 saturated carbocycles. The Morgan fingerprint density at radius 1 is 1.29 bits per heavy atom. The summed E-state index contributed by atoms with van der Waals surface area (Å²) in [6.45, 7) is 2.67. The summed E-state index contributed by atoms with van der Waals surface area (Å²) in [5.41, 5.74) is 2.62. The summed E-state index contributed by atoms with van der Waals surface area (Å²) < 4.78 is 23.3. The van der Waals surface area contributed by atoms with Crippen molar-refractivity contribution < 1.29 is 13.2 Å². The molecule has 1 fully saturated rings. The van der Waals surface area contributed by atoms with Crippen LogP contribution in [0.1, 0.15) is 20.8 Å². The molecule has 1 aromatic carbocycles. The maximum atomic E-state index is 12.4. The van der Waals surface area contributed by atoms with Crippen molar-refractivity contribution in [2.75, 3.05) is 23.4 Å². The van der Waals surface area contributed by atoms with E-state index in [1.54, 1.807) is 23.5 Å². The van der Waals surface area contributed by atoms with Gasteiger partial charge in [-0.15, -0.1) is 11.3 Å². The van der Waals surface area contributed by atoms with Gasteiger partial charge in [0.15, 0.2) is 15.0 Å². The van der Waals surface area contributed by atoms with Crippen LogP contribution < -0.4 is 10.6 Å². The molecule has 4 rings (SSSR count). The van der Waals surface area contributed by atoms with Crippen LogP contribution in [-0.2, 0) is 16.3 Å². The molecule has 28 heavy (non-hydrogen) atoms. The number of carbonyl (C=O) groups excluding carboxylic acids is 1. The normalized spacial score (nSPS) is 22.5. The lowest BCUT2D eigenvalue weighted by Gasteiger charge is -2.09. The molecule has 2 aromatic rings. The third-order valence-electron chi connectivity index (χ3n) is 4.80. The van der Waals surface area contributed by atoms with Gasteiger partial charge in [0.05, 0.1) is 17.5 Å². The van der Waals surface area contributed by atoms with Crippen LogP contribution in [0.15, 0.2) is 40.7 Å². The highest BCUT2D eigenvalue weighted by Gasteiger charge is 2.42. The van der Waals surface area contributed by atoms with Gasteiger partial charge in [0.2, 0.25) is 0 Å². The second-order valence-electron chi connectivity index (χ2n) is 6.97. The quantitative estimate of drug-likeness (QED) is 0.754. The van der Waals surface area contributed by atoms with Crippen molar-refractivity contribution in [1.82, 2.24) is 5.32 Å². The monoisotopic (exact) mass is 435 g/mol. The summed E-state index contributed by atoms with van der Waals surface area (Å²) in [6, 6.07) is 9.20. The number of nitrogens with zero attached hydrogens (tertiary/aromatic N) is 1. The SMILES string of the molecule is Cc1ccsc1CCNC(=O)c1cccc(NC2=N[C@@H]3CS(=O)(=O)C[C@@H]3S2)c1. The number of amides is 1. The molecule has 9 heteroatoms. The first-order chi connectivity index (χ1) is 13.4. The average Bonchev–Trinajstić information content (AvgIpc) is 3.27. The minimum atomic E-state index is -2.96. The summed E-state index contributed by atoms with van der Waals surface area (Å²) in [5, 5.41) is 8.96. The van der Waals surface area contributed by atoms with Crippen molar-refractivity contribution in [1.29, 1.82) is 0 Å². The molecule has 148 valence electrons. The fourth-order valence-corrected chi connectivity index (χ4v) is 7.92. The van der Waals surface area contributed by atoms with Crippen LogP contribution in [0.4, 0.5) is 5.69 Å². The molecular weight excluding hydrogens is 414 g/mol. The molecule has 0 bridgehead atoms. The molecular formula is C19H21N3O3S3. The number of aryl methyl sites for hydroxylation is 1. The van der Waals surface area contributed by atoms with Gasteiger partial charge < -0.3 is 10.6 Å². The second-order valence-corrected chi connectivity index (χ2v) is 11.4. The number of carbonyl (C=O) groups is 1. The predicted molar refractivity (Wildman–Crippen MR) is 116 cm³/mol. The topological polar surface area (TPSA) is 87.6 Å². The van der Waals surface area contributed by atoms with E-state index in [4.69, 9.17) is 0 Å². The van der Waals surface area contributed by atoms with Gasteiger partial charge in [-0.05, 0) is 48.6 Å². The Hall–Kier alpha value is -1.84. The summed E-state index contributed by atoms with van der Waals surface area (Å²) in [5.74, 6) is 0.201. The van der Waals surface area contributed by atoms with Crippen LogP contribution in [0.2, 0.25) is 0 Å². The molecule has 0 aliphatic carbocycles. The van der Waals surface area contributed by atoms with Crippen molar-refractivity contribution >= 4 is 49.7 Å². The van der Waals surface area contributed by atoms with Gasteiger partial charge in [0, 0.05) is 27.9 Å². The Balaban J connectivity index is 1.34. The van der Waals surface area contributed by atoms with Crippen molar-refractivity contribution in [3.63, 3.8) is 0 Å². The molecule has 2 aliphatic rings. The summed E-state index contributed by atoms with van der Waals surface area (Å²) in [6.07, 6.45) is 0.826. The molecule has 2 atom stereocenters. The number of nitrogens with one attached hydrogen (secondary N) is 2. The number of aliphatic imine (C=N–C) groups is 1. The van der Waals surface area contributed by atoms with E-state index in [1.165, 1.54) is 22.2 Å². The first-order valence-corrected chi connectivity index (χ1v) is 12.6. The Kier molecular flexibility index (Phi) is 5.48. The van der Waals surface area contributed by atoms with E-state index in [9.17, 15) is 13.2 Å². The van der Waals surface area contributed by atoms with E-state index in [1.807, 2.05) is 12.1 Å². The maximum absolute atomic E-state index is 12.4. The highest BCUT2D eigenvalue weighted by molar-refractivity contribution is 8.15. The van der Waals surface area contributed by atoms with Gasteiger partial charge in [0.25, 0.3) is 5.91 Å². The zero-order chi connectivity index (χ0) is 19.7. The van der Waals surface area contributed by atoms with Crippen LogP contribution >= 0.6 is 23.1 Å². The lowest BCUT2D eigenvalue weighted by molar-refractivity contribution is 0.0954. The second kappa shape index (κ2) is 7.88. The third-order valence-corrected chi connectivity index (χ3v) is 9.02. The number of hydrogen-bond donors (Lipinski definition) is 2. The Morgan fingerprint density at radius 3 is 2.89 bits per heavy atom. The van der Waals surface area contributed by atoms with Crippen LogP contribution in [-0.4, -0.2) is 48.8 Å². The number of anilines is 1. The van der Waals surface area contributed by atoms with E-state index in [2.05, 4.69) is 34.0 Å². The fraction of sp³-hybridized carbons (Fsp3) is 0.368. The molecule has 1 amide bonds. The maximum Gasteiger partial charge on any atom is 0.251 e. The molecule has 0 spiro atoms. The number of amidine groups is 1. The van der Waals surface area contributed by atoms with Crippen LogP contribution in [0, 0.1) is 6.92 Å². The summed E-state index contributed by atoms with van der Waals surface area (Å²) >= 11 is 3.18.